The van der Waals surface area contributed by atoms with E-state index in [9.17, 15) is 14.9 Å². The van der Waals surface area contributed by atoms with Gasteiger partial charge in [0.25, 0.3) is 0 Å². The average molecular weight is 347 g/mol. The Balaban J connectivity index is 1.63. The third-order valence-electron chi connectivity index (χ3n) is 4.99. The first-order valence-corrected chi connectivity index (χ1v) is 8.84. The second-order valence-electron chi connectivity index (χ2n) is 6.54. The summed E-state index contributed by atoms with van der Waals surface area (Å²) >= 11 is 1.48. The van der Waals surface area contributed by atoms with E-state index in [1.165, 1.54) is 11.8 Å². The van der Waals surface area contributed by atoms with Crippen LogP contribution in [0, 0.1) is 5.41 Å². The van der Waals surface area contributed by atoms with E-state index in [1.54, 1.807) is 4.90 Å². The number of aromatic carboxylic acids is 1. The number of thioether (sulfide) groups is 1. The highest BCUT2D eigenvalue weighted by Gasteiger charge is 2.54. The molecular formula is C15H18BN3O4S. The third kappa shape index (κ3) is 2.52. The monoisotopic (exact) mass is 347 g/mol. The number of carboxylic acid groups (broad SMARTS) is 1. The summed E-state index contributed by atoms with van der Waals surface area (Å²) in [5, 5.41) is 27.3. The standard InChI is InChI=1S/C15H18BN3O4S/c17-15(18)19-4-3-7(6-19)24-11-2-1-8-9-5-10(9)16(22)23-13(8)12(11)14(20)21/h1-2,7,9-10,22H,3-6H2,(H3,17,18)(H,20,21)/t7-,9-,10-/m1/s1. The van der Waals surface area contributed by atoms with Crippen LogP contribution in [-0.4, -0.2) is 52.4 Å². The quantitative estimate of drug-likeness (QED) is 0.368. The summed E-state index contributed by atoms with van der Waals surface area (Å²) in [7, 11) is -0.916. The van der Waals surface area contributed by atoms with Crippen LogP contribution < -0.4 is 10.4 Å². The van der Waals surface area contributed by atoms with Gasteiger partial charge in [-0.3, -0.25) is 5.41 Å². The average Bonchev–Trinajstić information content (AvgIpc) is 3.19. The molecule has 1 aromatic rings. The topological polar surface area (TPSA) is 120 Å². The maximum Gasteiger partial charge on any atom is 0.526 e. The summed E-state index contributed by atoms with van der Waals surface area (Å²) < 4.78 is 5.54. The van der Waals surface area contributed by atoms with Gasteiger partial charge in [-0.05, 0) is 30.4 Å². The molecule has 0 amide bonds. The number of rotatable bonds is 3. The van der Waals surface area contributed by atoms with E-state index < -0.39 is 13.1 Å². The fourth-order valence-corrected chi connectivity index (χ4v) is 4.90. The minimum atomic E-state index is -1.04. The number of hydrogen-bond acceptors (Lipinski definition) is 5. The highest BCUT2D eigenvalue weighted by Crippen LogP contribution is 2.60. The number of carboxylic acids is 1. The van der Waals surface area contributed by atoms with Gasteiger partial charge in [-0.15, -0.1) is 11.8 Å². The van der Waals surface area contributed by atoms with Gasteiger partial charge in [-0.1, -0.05) is 6.07 Å². The van der Waals surface area contributed by atoms with Crippen LogP contribution in [0.4, 0.5) is 0 Å². The Morgan fingerprint density at radius 2 is 2.29 bits per heavy atom. The molecular weight excluding hydrogens is 329 g/mol. The minimum absolute atomic E-state index is 0.0493. The number of carbonyl (C=O) groups is 1. The molecule has 0 spiro atoms. The Labute approximate surface area is 143 Å². The first kappa shape index (κ1) is 15.7. The lowest BCUT2D eigenvalue weighted by atomic mass is 9.77. The van der Waals surface area contributed by atoms with Gasteiger partial charge in [0.2, 0.25) is 0 Å². The van der Waals surface area contributed by atoms with Crippen LogP contribution in [0.3, 0.4) is 0 Å². The van der Waals surface area contributed by atoms with E-state index in [-0.39, 0.29) is 28.5 Å². The Morgan fingerprint density at radius 1 is 1.50 bits per heavy atom. The normalized spacial score (nSPS) is 27.3. The lowest BCUT2D eigenvalue weighted by Crippen LogP contribution is -2.34. The van der Waals surface area contributed by atoms with Crippen LogP contribution in [0.15, 0.2) is 17.0 Å². The maximum atomic E-state index is 11.8. The summed E-state index contributed by atoms with van der Waals surface area (Å²) in [5.74, 6) is -0.368. The van der Waals surface area contributed by atoms with Gasteiger partial charge >= 0.3 is 13.1 Å². The van der Waals surface area contributed by atoms with Crippen molar-refractivity contribution in [1.29, 1.82) is 5.41 Å². The predicted molar refractivity (Wildman–Crippen MR) is 90.9 cm³/mol. The van der Waals surface area contributed by atoms with Gasteiger partial charge in [0, 0.05) is 29.1 Å². The van der Waals surface area contributed by atoms with Gasteiger partial charge in [0.15, 0.2) is 5.96 Å². The fourth-order valence-electron chi connectivity index (χ4n) is 3.62. The van der Waals surface area contributed by atoms with Crippen LogP contribution >= 0.6 is 11.8 Å². The van der Waals surface area contributed by atoms with Crippen molar-refractivity contribution in [2.45, 2.75) is 34.7 Å². The molecule has 3 atom stereocenters. The van der Waals surface area contributed by atoms with Crippen molar-refractivity contribution in [3.8, 4) is 5.75 Å². The molecule has 9 heteroatoms. The van der Waals surface area contributed by atoms with E-state index in [4.69, 9.17) is 15.8 Å². The number of benzene rings is 1. The second-order valence-corrected chi connectivity index (χ2v) is 7.88. The molecule has 1 saturated carbocycles. The SMILES string of the molecule is N=C(N)N1CC[C@@H](Sc2ccc3c(c2C(=O)O)OB(O)[C@@H]2C[C@H]32)C1. The van der Waals surface area contributed by atoms with Crippen molar-refractivity contribution in [2.75, 3.05) is 13.1 Å². The van der Waals surface area contributed by atoms with E-state index in [2.05, 4.69) is 0 Å². The summed E-state index contributed by atoms with van der Waals surface area (Å²) in [6.45, 7) is 1.34. The highest BCUT2D eigenvalue weighted by molar-refractivity contribution is 8.00. The van der Waals surface area contributed by atoms with Crippen LogP contribution in [0.1, 0.15) is 34.7 Å². The number of nitrogens with zero attached hydrogens (tertiary/aromatic N) is 1. The summed E-state index contributed by atoms with van der Waals surface area (Å²) in [6, 6.07) is 3.78. The summed E-state index contributed by atoms with van der Waals surface area (Å²) in [4.78, 5) is 14.3. The zero-order valence-electron chi connectivity index (χ0n) is 12.9. The van der Waals surface area contributed by atoms with Crippen molar-refractivity contribution in [1.82, 2.24) is 4.90 Å². The number of hydrogen-bond donors (Lipinski definition) is 4. The molecule has 7 nitrogen and oxygen atoms in total. The molecule has 2 aliphatic heterocycles. The summed E-state index contributed by atoms with van der Waals surface area (Å²) in [6.07, 6.45) is 1.69. The van der Waals surface area contributed by atoms with Crippen LogP contribution in [-0.2, 0) is 0 Å². The highest BCUT2D eigenvalue weighted by atomic mass is 32.2. The zero-order chi connectivity index (χ0) is 17.0. The van der Waals surface area contributed by atoms with Crippen molar-refractivity contribution in [3.63, 3.8) is 0 Å². The van der Waals surface area contributed by atoms with E-state index in [0.717, 1.165) is 18.4 Å². The molecule has 126 valence electrons. The Morgan fingerprint density at radius 3 is 2.96 bits per heavy atom. The van der Waals surface area contributed by atoms with Crippen molar-refractivity contribution >= 4 is 30.8 Å². The van der Waals surface area contributed by atoms with E-state index >= 15 is 0 Å². The van der Waals surface area contributed by atoms with Gasteiger partial charge in [0.05, 0.1) is 0 Å². The summed E-state index contributed by atoms with van der Waals surface area (Å²) in [5.41, 5.74) is 6.55. The molecule has 24 heavy (non-hydrogen) atoms. The Hall–Kier alpha value is -1.87. The fraction of sp³-hybridized carbons (Fsp3) is 0.467. The lowest BCUT2D eigenvalue weighted by Gasteiger charge is -2.23. The molecule has 1 aromatic carbocycles. The van der Waals surface area contributed by atoms with Crippen LogP contribution in [0.25, 0.3) is 0 Å². The first-order valence-electron chi connectivity index (χ1n) is 7.96. The molecule has 2 heterocycles. The number of nitrogens with two attached hydrogens (primary N) is 1. The molecule has 0 aromatic heterocycles. The van der Waals surface area contributed by atoms with Crippen LogP contribution in [0.5, 0.6) is 5.75 Å². The predicted octanol–water partition coefficient (Wildman–Crippen LogP) is 1.18. The van der Waals surface area contributed by atoms with Crippen LogP contribution in [0.2, 0.25) is 5.82 Å². The van der Waals surface area contributed by atoms with Crippen molar-refractivity contribution in [2.24, 2.45) is 5.73 Å². The lowest BCUT2D eigenvalue weighted by molar-refractivity contribution is 0.0690. The largest absolute Gasteiger partial charge is 0.535 e. The molecule has 1 saturated heterocycles. The molecule has 3 aliphatic rings. The molecule has 0 unspecified atom stereocenters. The number of nitrogens with one attached hydrogen (secondary N) is 1. The Kier molecular flexibility index (Phi) is 3.65. The number of guanidine groups is 1. The maximum absolute atomic E-state index is 11.8. The third-order valence-corrected chi connectivity index (χ3v) is 6.30. The molecule has 1 aliphatic carbocycles. The second kappa shape index (κ2) is 5.59. The van der Waals surface area contributed by atoms with Gasteiger partial charge in [0.1, 0.15) is 11.3 Å². The molecule has 0 radical (unpaired) electrons. The molecule has 2 fully saturated rings. The zero-order valence-corrected chi connectivity index (χ0v) is 13.8. The minimum Gasteiger partial charge on any atom is -0.535 e. The smallest absolute Gasteiger partial charge is 0.526 e. The molecule has 4 rings (SSSR count). The Bertz CT molecular complexity index is 731. The molecule has 5 N–H and O–H groups in total. The molecule has 0 bridgehead atoms. The number of fused-ring (bicyclic) bond motifs is 3. The van der Waals surface area contributed by atoms with Crippen molar-refractivity contribution < 1.29 is 19.6 Å². The van der Waals surface area contributed by atoms with Gasteiger partial charge < -0.3 is 25.4 Å². The first-order chi connectivity index (χ1) is 11.5. The number of likely N-dealkylation sites (tertiary alicyclic amines) is 1. The van der Waals surface area contributed by atoms with Gasteiger partial charge in [-0.25, -0.2) is 4.79 Å². The van der Waals surface area contributed by atoms with Crippen molar-refractivity contribution in [3.05, 3.63) is 23.3 Å². The van der Waals surface area contributed by atoms with Gasteiger partial charge in [-0.2, -0.15) is 0 Å². The van der Waals surface area contributed by atoms with E-state index in [1.807, 2.05) is 12.1 Å². The van der Waals surface area contributed by atoms with E-state index in [0.29, 0.717) is 23.7 Å².